The predicted octanol–water partition coefficient (Wildman–Crippen LogP) is 1.08. The van der Waals surface area contributed by atoms with E-state index in [1.807, 2.05) is 13.8 Å². The molecule has 1 aromatic rings. The molecule has 5 N–H and O–H groups in total. The van der Waals surface area contributed by atoms with E-state index in [-0.39, 0.29) is 17.9 Å². The largest absolute Gasteiger partial charge is 0.504 e. The molecule has 90 valence electrons. The van der Waals surface area contributed by atoms with Crippen LogP contribution in [0.25, 0.3) is 0 Å². The minimum atomic E-state index is -1.10. The fourth-order valence-electron chi connectivity index (χ4n) is 1.04. The molecule has 0 aliphatic heterocycles. The summed E-state index contributed by atoms with van der Waals surface area (Å²) in [6.07, 6.45) is 0.114. The summed E-state index contributed by atoms with van der Waals surface area (Å²) >= 11 is 0. The van der Waals surface area contributed by atoms with Crippen molar-refractivity contribution in [2.24, 2.45) is 5.73 Å². The number of carboxylic acid groups (broad SMARTS) is 1. The summed E-state index contributed by atoms with van der Waals surface area (Å²) in [5, 5.41) is 26.6. The van der Waals surface area contributed by atoms with Crippen molar-refractivity contribution in [3.63, 3.8) is 0 Å². The Morgan fingerprint density at radius 3 is 2.31 bits per heavy atom. The zero-order valence-corrected chi connectivity index (χ0v) is 9.34. The smallest absolute Gasteiger partial charge is 0.320 e. The lowest BCUT2D eigenvalue weighted by atomic mass is 10.1. The lowest BCUT2D eigenvalue weighted by molar-refractivity contribution is -0.138. The molecule has 0 radical (unpaired) electrons. The van der Waals surface area contributed by atoms with Gasteiger partial charge < -0.3 is 21.1 Å². The van der Waals surface area contributed by atoms with Gasteiger partial charge in [0.1, 0.15) is 6.04 Å². The number of benzene rings is 1. The summed E-state index contributed by atoms with van der Waals surface area (Å²) in [4.78, 5) is 10.4. The average Bonchev–Trinajstić information content (AvgIpc) is 2.26. The van der Waals surface area contributed by atoms with Gasteiger partial charge >= 0.3 is 5.97 Å². The monoisotopic (exact) mass is 227 g/mol. The van der Waals surface area contributed by atoms with Crippen molar-refractivity contribution in [3.05, 3.63) is 23.8 Å². The second-order valence-electron chi connectivity index (χ2n) is 2.97. The Morgan fingerprint density at radius 1 is 1.31 bits per heavy atom. The Bertz CT molecular complexity index is 352. The highest BCUT2D eigenvalue weighted by Gasteiger charge is 2.12. The Labute approximate surface area is 94.1 Å². The summed E-state index contributed by atoms with van der Waals surface area (Å²) in [7, 11) is 0. The molecule has 0 fully saturated rings. The number of aromatic hydroxyl groups is 2. The van der Waals surface area contributed by atoms with Crippen molar-refractivity contribution in [2.75, 3.05) is 0 Å². The average molecular weight is 227 g/mol. The highest BCUT2D eigenvalue weighted by Crippen LogP contribution is 2.25. The first kappa shape index (κ1) is 14.2. The molecule has 1 rings (SSSR count). The first-order chi connectivity index (χ1) is 7.50. The topological polar surface area (TPSA) is 104 Å². The number of nitrogens with two attached hydrogens (primary N) is 1. The Kier molecular flexibility index (Phi) is 5.95. The van der Waals surface area contributed by atoms with Crippen LogP contribution in [0.4, 0.5) is 0 Å². The van der Waals surface area contributed by atoms with Crippen molar-refractivity contribution in [2.45, 2.75) is 26.3 Å². The molecule has 1 aromatic carbocycles. The van der Waals surface area contributed by atoms with Crippen LogP contribution in [0.5, 0.6) is 11.5 Å². The molecule has 0 heterocycles. The van der Waals surface area contributed by atoms with Crippen molar-refractivity contribution >= 4 is 5.97 Å². The van der Waals surface area contributed by atoms with Crippen LogP contribution in [-0.2, 0) is 11.2 Å². The predicted molar refractivity (Wildman–Crippen MR) is 60.4 cm³/mol. The molecule has 0 aliphatic carbocycles. The van der Waals surface area contributed by atoms with Crippen LogP contribution < -0.4 is 5.73 Å². The summed E-state index contributed by atoms with van der Waals surface area (Å²) in [5.41, 5.74) is 5.86. The van der Waals surface area contributed by atoms with Gasteiger partial charge in [-0.25, -0.2) is 0 Å². The lowest BCUT2D eigenvalue weighted by Gasteiger charge is -2.06. The third-order valence-electron chi connectivity index (χ3n) is 1.81. The minimum Gasteiger partial charge on any atom is -0.504 e. The molecule has 0 saturated heterocycles. The summed E-state index contributed by atoms with van der Waals surface area (Å²) in [6, 6.07) is 3.09. The normalized spacial score (nSPS) is 11.2. The van der Waals surface area contributed by atoms with E-state index >= 15 is 0 Å². The molecule has 5 nitrogen and oxygen atoms in total. The molecule has 0 aliphatic rings. The van der Waals surface area contributed by atoms with Crippen LogP contribution in [-0.4, -0.2) is 27.3 Å². The van der Waals surface area contributed by atoms with Crippen LogP contribution in [0.3, 0.4) is 0 Å². The molecule has 0 spiro atoms. The van der Waals surface area contributed by atoms with Crippen molar-refractivity contribution < 1.29 is 20.1 Å². The van der Waals surface area contributed by atoms with E-state index in [0.29, 0.717) is 5.56 Å². The van der Waals surface area contributed by atoms with Crippen LogP contribution in [0.2, 0.25) is 0 Å². The second kappa shape index (κ2) is 6.68. The summed E-state index contributed by atoms with van der Waals surface area (Å²) in [5.74, 6) is -1.62. The maximum Gasteiger partial charge on any atom is 0.320 e. The molecule has 0 amide bonds. The Morgan fingerprint density at radius 2 is 1.88 bits per heavy atom. The number of phenolic OH excluding ortho intramolecular Hbond substituents is 2. The second-order valence-corrected chi connectivity index (χ2v) is 2.97. The van der Waals surface area contributed by atoms with Crippen LogP contribution in [0.1, 0.15) is 19.4 Å². The Hall–Kier alpha value is -1.75. The van der Waals surface area contributed by atoms with Crippen LogP contribution in [0.15, 0.2) is 18.2 Å². The van der Waals surface area contributed by atoms with Crippen molar-refractivity contribution in [1.82, 2.24) is 0 Å². The van der Waals surface area contributed by atoms with Gasteiger partial charge in [0.15, 0.2) is 11.5 Å². The number of carboxylic acids is 1. The van der Waals surface area contributed by atoms with Crippen molar-refractivity contribution in [3.8, 4) is 11.5 Å². The van der Waals surface area contributed by atoms with E-state index in [2.05, 4.69) is 0 Å². The summed E-state index contributed by atoms with van der Waals surface area (Å²) < 4.78 is 0. The highest BCUT2D eigenvalue weighted by atomic mass is 16.4. The third kappa shape index (κ3) is 4.18. The molecule has 1 atom stereocenters. The van der Waals surface area contributed by atoms with E-state index in [1.54, 1.807) is 0 Å². The first-order valence-electron chi connectivity index (χ1n) is 5.00. The molecular weight excluding hydrogens is 210 g/mol. The molecule has 0 aromatic heterocycles. The third-order valence-corrected chi connectivity index (χ3v) is 1.81. The van der Waals surface area contributed by atoms with Gasteiger partial charge in [0.2, 0.25) is 0 Å². The van der Waals surface area contributed by atoms with Gasteiger partial charge in [0.25, 0.3) is 0 Å². The standard InChI is InChI=1S/C9H11NO4.C2H6/c10-6(9(13)14)3-5-1-2-7(11)8(12)4-5;1-2/h1-2,4,6,11-12H,3,10H2,(H,13,14);1-2H3. The van der Waals surface area contributed by atoms with Gasteiger partial charge in [-0.1, -0.05) is 19.9 Å². The molecular formula is C11H17NO4. The molecule has 1 unspecified atom stereocenters. The zero-order valence-electron chi connectivity index (χ0n) is 9.34. The SMILES string of the molecule is CC.NC(Cc1ccc(O)c(O)c1)C(=O)O. The fourth-order valence-corrected chi connectivity index (χ4v) is 1.04. The highest BCUT2D eigenvalue weighted by molar-refractivity contribution is 5.73. The number of hydrogen-bond donors (Lipinski definition) is 4. The minimum absolute atomic E-state index is 0.114. The van der Waals surface area contributed by atoms with Crippen molar-refractivity contribution in [1.29, 1.82) is 0 Å². The first-order valence-corrected chi connectivity index (χ1v) is 5.00. The van der Waals surface area contributed by atoms with E-state index in [1.165, 1.54) is 18.2 Å². The van der Waals surface area contributed by atoms with E-state index in [0.717, 1.165) is 0 Å². The van der Waals surface area contributed by atoms with E-state index in [9.17, 15) is 4.79 Å². The van der Waals surface area contributed by atoms with E-state index < -0.39 is 12.0 Å². The van der Waals surface area contributed by atoms with Crippen LogP contribution in [0, 0.1) is 0 Å². The maximum atomic E-state index is 10.4. The lowest BCUT2D eigenvalue weighted by Crippen LogP contribution is -2.32. The number of hydrogen-bond acceptors (Lipinski definition) is 4. The maximum absolute atomic E-state index is 10.4. The quantitative estimate of drug-likeness (QED) is 0.578. The number of rotatable bonds is 3. The molecule has 0 saturated carbocycles. The number of phenols is 2. The van der Waals surface area contributed by atoms with Gasteiger partial charge in [-0.2, -0.15) is 0 Å². The van der Waals surface area contributed by atoms with Gasteiger partial charge in [0.05, 0.1) is 0 Å². The number of aliphatic carboxylic acids is 1. The molecule has 5 heteroatoms. The summed E-state index contributed by atoms with van der Waals surface area (Å²) in [6.45, 7) is 4.00. The molecule has 16 heavy (non-hydrogen) atoms. The fraction of sp³-hybridized carbons (Fsp3) is 0.364. The van der Waals surface area contributed by atoms with Gasteiger partial charge in [-0.05, 0) is 24.1 Å². The van der Waals surface area contributed by atoms with E-state index in [4.69, 9.17) is 21.1 Å². The molecule has 0 bridgehead atoms. The van der Waals surface area contributed by atoms with Gasteiger partial charge in [-0.3, -0.25) is 4.79 Å². The zero-order chi connectivity index (χ0) is 12.7. The van der Waals surface area contributed by atoms with Gasteiger partial charge in [0, 0.05) is 0 Å². The number of carbonyl (C=O) groups is 1. The van der Waals surface area contributed by atoms with Crippen LogP contribution >= 0.6 is 0 Å². The Balaban J connectivity index is 0.00000106. The van der Waals surface area contributed by atoms with Gasteiger partial charge in [-0.15, -0.1) is 0 Å².